The van der Waals surface area contributed by atoms with E-state index in [1.165, 1.54) is 6.07 Å². The second-order valence-electron chi connectivity index (χ2n) is 6.47. The van der Waals surface area contributed by atoms with Crippen molar-refractivity contribution in [3.05, 3.63) is 29.3 Å². The molecule has 0 bridgehead atoms. The van der Waals surface area contributed by atoms with E-state index in [0.717, 1.165) is 31.7 Å². The monoisotopic (exact) mass is 296 g/mol. The largest absolute Gasteiger partial charge is 0.417 e. The molecule has 5 heteroatoms. The van der Waals surface area contributed by atoms with E-state index in [-0.39, 0.29) is 17.0 Å². The number of rotatable bonds is 2. The topological polar surface area (TPSA) is 35.8 Å². The zero-order valence-electron chi connectivity index (χ0n) is 12.2. The van der Waals surface area contributed by atoms with Crippen molar-refractivity contribution in [2.75, 3.05) is 5.32 Å². The molecule has 0 amide bonds. The average Bonchev–Trinajstić information content (AvgIpc) is 2.36. The lowest BCUT2D eigenvalue weighted by Crippen LogP contribution is -2.31. The summed E-state index contributed by atoms with van der Waals surface area (Å²) in [5.41, 5.74) is -0.554. The number of halogens is 3. The van der Waals surface area contributed by atoms with Crippen molar-refractivity contribution >= 4 is 5.69 Å². The minimum Gasteiger partial charge on any atom is -0.382 e. The van der Waals surface area contributed by atoms with Crippen LogP contribution in [-0.4, -0.2) is 6.04 Å². The Bertz CT molecular complexity index is 556. The summed E-state index contributed by atoms with van der Waals surface area (Å²) in [5.74, 6) is 0. The molecule has 1 aliphatic carbocycles. The van der Waals surface area contributed by atoms with Gasteiger partial charge in [0.2, 0.25) is 0 Å². The van der Waals surface area contributed by atoms with Crippen LogP contribution < -0.4 is 5.32 Å². The molecule has 1 aromatic carbocycles. The van der Waals surface area contributed by atoms with Crippen LogP contribution in [0.15, 0.2) is 18.2 Å². The Balaban J connectivity index is 2.20. The molecule has 0 saturated heterocycles. The molecule has 0 radical (unpaired) electrons. The zero-order valence-corrected chi connectivity index (χ0v) is 12.2. The number of anilines is 1. The van der Waals surface area contributed by atoms with Crippen molar-refractivity contribution in [2.24, 2.45) is 5.41 Å². The summed E-state index contributed by atoms with van der Waals surface area (Å²) in [5, 5.41) is 12.0. The molecule has 114 valence electrons. The van der Waals surface area contributed by atoms with E-state index in [2.05, 4.69) is 19.2 Å². The lowest BCUT2D eigenvalue weighted by Gasteiger charge is -2.36. The summed E-state index contributed by atoms with van der Waals surface area (Å²) in [6.07, 6.45) is -0.382. The second kappa shape index (κ2) is 5.59. The Morgan fingerprint density at radius 3 is 2.62 bits per heavy atom. The molecule has 0 spiro atoms. The standard InChI is InChI=1S/C16H19F3N2/c1-15(2)7-3-4-13(9-15)21-12-6-5-11(10-20)14(8-12)16(17,18)19/h5-6,8,13,21H,3-4,7,9H2,1-2H3. The Morgan fingerprint density at radius 2 is 2.05 bits per heavy atom. The number of hydrogen-bond acceptors (Lipinski definition) is 2. The highest BCUT2D eigenvalue weighted by Crippen LogP contribution is 2.37. The molecule has 2 rings (SSSR count). The molecule has 1 aromatic rings. The Morgan fingerprint density at radius 1 is 1.33 bits per heavy atom. The minimum atomic E-state index is -4.51. The molecule has 1 saturated carbocycles. The third-order valence-electron chi connectivity index (χ3n) is 4.02. The highest BCUT2D eigenvalue weighted by molar-refractivity contribution is 5.53. The van der Waals surface area contributed by atoms with Gasteiger partial charge in [-0.3, -0.25) is 0 Å². The van der Waals surface area contributed by atoms with Crippen LogP contribution in [0.3, 0.4) is 0 Å². The van der Waals surface area contributed by atoms with Gasteiger partial charge >= 0.3 is 6.18 Å². The van der Waals surface area contributed by atoms with Gasteiger partial charge in [0.05, 0.1) is 17.2 Å². The van der Waals surface area contributed by atoms with Crippen LogP contribution in [0.25, 0.3) is 0 Å². The van der Waals surface area contributed by atoms with Crippen molar-refractivity contribution in [1.82, 2.24) is 0 Å². The number of nitrogens with one attached hydrogen (secondary N) is 1. The lowest BCUT2D eigenvalue weighted by atomic mass is 9.75. The van der Waals surface area contributed by atoms with E-state index in [1.54, 1.807) is 12.1 Å². The number of hydrogen-bond donors (Lipinski definition) is 1. The molecule has 1 N–H and O–H groups in total. The number of nitrogens with zero attached hydrogens (tertiary/aromatic N) is 1. The third kappa shape index (κ3) is 3.90. The van der Waals surface area contributed by atoms with Gasteiger partial charge in [-0.15, -0.1) is 0 Å². The van der Waals surface area contributed by atoms with E-state index in [4.69, 9.17) is 5.26 Å². The Labute approximate surface area is 123 Å². The van der Waals surface area contributed by atoms with Gasteiger partial charge in [0.25, 0.3) is 0 Å². The molecular formula is C16H19F3N2. The summed E-state index contributed by atoms with van der Waals surface area (Å²) in [6.45, 7) is 4.36. The molecule has 0 aromatic heterocycles. The normalized spacial score (nSPS) is 21.6. The van der Waals surface area contributed by atoms with Crippen molar-refractivity contribution in [1.29, 1.82) is 5.26 Å². The predicted octanol–water partition coefficient (Wildman–Crippen LogP) is 4.96. The smallest absolute Gasteiger partial charge is 0.382 e. The molecule has 0 heterocycles. The molecule has 1 atom stereocenters. The van der Waals surface area contributed by atoms with Crippen LogP contribution in [-0.2, 0) is 6.18 Å². The molecule has 2 nitrogen and oxygen atoms in total. The van der Waals surface area contributed by atoms with Gasteiger partial charge < -0.3 is 5.32 Å². The summed E-state index contributed by atoms with van der Waals surface area (Å²) in [4.78, 5) is 0. The maximum Gasteiger partial charge on any atom is 0.417 e. The van der Waals surface area contributed by atoms with E-state index in [9.17, 15) is 13.2 Å². The van der Waals surface area contributed by atoms with Crippen LogP contribution in [0.5, 0.6) is 0 Å². The van der Waals surface area contributed by atoms with Crippen LogP contribution in [0.1, 0.15) is 50.7 Å². The van der Waals surface area contributed by atoms with Gasteiger partial charge in [-0.25, -0.2) is 0 Å². The van der Waals surface area contributed by atoms with Gasteiger partial charge in [0, 0.05) is 11.7 Å². The first-order valence-corrected chi connectivity index (χ1v) is 7.09. The van der Waals surface area contributed by atoms with Crippen molar-refractivity contribution in [3.8, 4) is 6.07 Å². The van der Waals surface area contributed by atoms with Crippen LogP contribution >= 0.6 is 0 Å². The third-order valence-corrected chi connectivity index (χ3v) is 4.02. The van der Waals surface area contributed by atoms with Crippen LogP contribution in [0.4, 0.5) is 18.9 Å². The molecule has 0 aliphatic heterocycles. The minimum absolute atomic E-state index is 0.183. The maximum absolute atomic E-state index is 12.9. The number of nitriles is 1. The van der Waals surface area contributed by atoms with E-state index in [1.807, 2.05) is 0 Å². The zero-order chi connectivity index (χ0) is 15.7. The summed E-state index contributed by atoms with van der Waals surface area (Å²) < 4.78 is 38.8. The van der Waals surface area contributed by atoms with E-state index < -0.39 is 11.7 Å². The summed E-state index contributed by atoms with van der Waals surface area (Å²) >= 11 is 0. The average molecular weight is 296 g/mol. The molecule has 1 fully saturated rings. The van der Waals surface area contributed by atoms with Crippen molar-refractivity contribution in [2.45, 2.75) is 51.7 Å². The van der Waals surface area contributed by atoms with Gasteiger partial charge in [0.1, 0.15) is 0 Å². The molecule has 1 unspecified atom stereocenters. The first-order valence-electron chi connectivity index (χ1n) is 7.09. The number of benzene rings is 1. The number of alkyl halides is 3. The molecule has 21 heavy (non-hydrogen) atoms. The predicted molar refractivity (Wildman–Crippen MR) is 75.8 cm³/mol. The van der Waals surface area contributed by atoms with Crippen LogP contribution in [0.2, 0.25) is 0 Å². The fourth-order valence-electron chi connectivity index (χ4n) is 3.02. The first-order chi connectivity index (χ1) is 9.71. The van der Waals surface area contributed by atoms with Gasteiger partial charge in [-0.1, -0.05) is 20.3 Å². The highest BCUT2D eigenvalue weighted by atomic mass is 19.4. The fourth-order valence-corrected chi connectivity index (χ4v) is 3.02. The maximum atomic E-state index is 12.9. The quantitative estimate of drug-likeness (QED) is 0.837. The Kier molecular flexibility index (Phi) is 4.18. The van der Waals surface area contributed by atoms with Gasteiger partial charge in [-0.2, -0.15) is 18.4 Å². The Hall–Kier alpha value is -1.70. The summed E-state index contributed by atoms with van der Waals surface area (Å²) in [6, 6.07) is 5.61. The van der Waals surface area contributed by atoms with Crippen LogP contribution in [0, 0.1) is 16.7 Å². The molecular weight excluding hydrogens is 277 g/mol. The molecule has 1 aliphatic rings. The van der Waals surface area contributed by atoms with Crippen molar-refractivity contribution < 1.29 is 13.2 Å². The van der Waals surface area contributed by atoms with E-state index >= 15 is 0 Å². The van der Waals surface area contributed by atoms with E-state index in [0.29, 0.717) is 5.69 Å². The van der Waals surface area contributed by atoms with Crippen molar-refractivity contribution in [3.63, 3.8) is 0 Å². The second-order valence-corrected chi connectivity index (χ2v) is 6.47. The SMILES string of the molecule is CC1(C)CCCC(Nc2ccc(C#N)c(C(F)(F)F)c2)C1. The fraction of sp³-hybridized carbons (Fsp3) is 0.562. The van der Waals surface area contributed by atoms with Gasteiger partial charge in [0.15, 0.2) is 0 Å². The van der Waals surface area contributed by atoms with Gasteiger partial charge in [-0.05, 0) is 42.9 Å². The lowest BCUT2D eigenvalue weighted by molar-refractivity contribution is -0.137. The highest BCUT2D eigenvalue weighted by Gasteiger charge is 2.34. The summed E-state index contributed by atoms with van der Waals surface area (Å²) in [7, 11) is 0. The first kappa shape index (κ1) is 15.7.